The van der Waals surface area contributed by atoms with Crippen molar-refractivity contribution in [1.82, 2.24) is 0 Å². The highest BCUT2D eigenvalue weighted by Gasteiger charge is 2.49. The molecule has 2 bridgehead atoms. The Morgan fingerprint density at radius 1 is 1.27 bits per heavy atom. The Morgan fingerprint density at radius 2 is 1.86 bits per heavy atom. The first-order valence-corrected chi connectivity index (χ1v) is 7.21. The predicted molar refractivity (Wildman–Crippen MR) is 73.9 cm³/mol. The summed E-state index contributed by atoms with van der Waals surface area (Å²) in [6, 6.07) is 0. The molecular formula is C14H21N2O6+. The number of aliphatic hydroxyl groups is 1. The van der Waals surface area contributed by atoms with Gasteiger partial charge in [0, 0.05) is 18.3 Å². The van der Waals surface area contributed by atoms with Gasteiger partial charge in [-0.1, -0.05) is 6.92 Å². The molecule has 0 radical (unpaired) electrons. The van der Waals surface area contributed by atoms with Crippen LogP contribution >= 0.6 is 0 Å². The molecule has 0 unspecified atom stereocenters. The van der Waals surface area contributed by atoms with Crippen LogP contribution in [0.3, 0.4) is 0 Å². The monoisotopic (exact) mass is 313 g/mol. The fourth-order valence-corrected chi connectivity index (χ4v) is 2.38. The highest BCUT2D eigenvalue weighted by Crippen LogP contribution is 2.40. The molecule has 122 valence electrons. The summed E-state index contributed by atoms with van der Waals surface area (Å²) >= 11 is 0. The lowest BCUT2D eigenvalue weighted by Crippen LogP contribution is -2.58. The van der Waals surface area contributed by atoms with Gasteiger partial charge in [-0.25, -0.2) is 4.79 Å². The first kappa shape index (κ1) is 16.7. The summed E-state index contributed by atoms with van der Waals surface area (Å²) in [7, 11) is 1.14. The van der Waals surface area contributed by atoms with Crippen LogP contribution in [0.4, 0.5) is 0 Å². The Balaban J connectivity index is 1.79. The van der Waals surface area contributed by atoms with Crippen LogP contribution < -0.4 is 0 Å². The Morgan fingerprint density at radius 3 is 2.36 bits per heavy atom. The molecule has 3 aliphatic heterocycles. The number of fused-ring (bicyclic) bond motifs is 3. The summed E-state index contributed by atoms with van der Waals surface area (Å²) in [5.41, 5.74) is -0.545. The second kappa shape index (κ2) is 6.60. The van der Waals surface area contributed by atoms with Crippen molar-refractivity contribution in [3.05, 3.63) is 16.4 Å². The van der Waals surface area contributed by atoms with Gasteiger partial charge < -0.3 is 24.1 Å². The molecule has 3 aliphatic rings. The molecule has 3 rings (SSSR count). The summed E-state index contributed by atoms with van der Waals surface area (Å²) in [6.45, 7) is 3.86. The molecule has 3 saturated heterocycles. The second-order valence-corrected chi connectivity index (χ2v) is 5.95. The zero-order chi connectivity index (χ0) is 16.2. The number of diazo groups is 1. The van der Waals surface area contributed by atoms with Gasteiger partial charge in [0.05, 0.1) is 26.9 Å². The van der Waals surface area contributed by atoms with E-state index in [9.17, 15) is 9.90 Å². The number of unbranched alkanes of at least 4 members (excludes halogenated alkanes) is 1. The van der Waals surface area contributed by atoms with Crippen molar-refractivity contribution in [2.24, 2.45) is 5.41 Å². The molecule has 8 nitrogen and oxygen atoms in total. The number of carbonyl (C=O) groups is 1. The summed E-state index contributed by atoms with van der Waals surface area (Å²) in [6.07, 6.45) is 1.92. The van der Waals surface area contributed by atoms with Crippen molar-refractivity contribution in [2.75, 3.05) is 26.9 Å². The number of hydrogen-bond acceptors (Lipinski definition) is 7. The molecule has 0 amide bonds. The van der Waals surface area contributed by atoms with E-state index in [2.05, 4.69) is 9.71 Å². The lowest BCUT2D eigenvalue weighted by Gasteiger charge is -2.50. The van der Waals surface area contributed by atoms with Crippen LogP contribution in [-0.2, 0) is 23.7 Å². The molecule has 0 aromatic rings. The minimum atomic E-state index is -0.983. The van der Waals surface area contributed by atoms with E-state index in [1.165, 1.54) is 0 Å². The van der Waals surface area contributed by atoms with Crippen LogP contribution in [0, 0.1) is 10.8 Å². The highest BCUT2D eigenvalue weighted by atomic mass is 16.9. The molecule has 1 N–H and O–H groups in total. The van der Waals surface area contributed by atoms with Crippen molar-refractivity contribution in [3.8, 4) is 0 Å². The van der Waals surface area contributed by atoms with E-state index in [1.807, 2.05) is 6.92 Å². The average molecular weight is 313 g/mol. The van der Waals surface area contributed by atoms with Crippen LogP contribution in [0.2, 0.25) is 0 Å². The maximum Gasteiger partial charge on any atom is 0.505 e. The quantitative estimate of drug-likeness (QED) is 0.263. The van der Waals surface area contributed by atoms with Gasteiger partial charge >= 0.3 is 11.7 Å². The smallest absolute Gasteiger partial charge is 0.505 e. The maximum absolute atomic E-state index is 11.2. The van der Waals surface area contributed by atoms with Crippen molar-refractivity contribution in [1.29, 1.82) is 5.39 Å². The molecule has 0 aromatic heterocycles. The number of carbonyl (C=O) groups excluding carboxylic acids is 1. The first-order valence-electron chi connectivity index (χ1n) is 7.21. The van der Waals surface area contributed by atoms with Crippen LogP contribution in [-0.4, -0.2) is 44.0 Å². The van der Waals surface area contributed by atoms with Gasteiger partial charge in [-0.2, -0.15) is 0 Å². The Labute approximate surface area is 128 Å². The topological polar surface area (TPSA) is 102 Å². The zero-order valence-corrected chi connectivity index (χ0v) is 12.8. The van der Waals surface area contributed by atoms with Gasteiger partial charge in [-0.05, 0) is 12.8 Å². The largest absolute Gasteiger partial charge is 0.505 e. The summed E-state index contributed by atoms with van der Waals surface area (Å²) in [5, 5.41) is 18.5. The van der Waals surface area contributed by atoms with E-state index in [0.29, 0.717) is 39.1 Å². The van der Waals surface area contributed by atoms with Gasteiger partial charge in [0.2, 0.25) is 5.39 Å². The zero-order valence-electron chi connectivity index (χ0n) is 12.8. The number of methoxy groups -OCH3 is 1. The molecule has 8 heteroatoms. The van der Waals surface area contributed by atoms with E-state index in [1.54, 1.807) is 0 Å². The molecule has 0 aliphatic carbocycles. The summed E-state index contributed by atoms with van der Waals surface area (Å²) < 4.78 is 21.3. The Kier molecular flexibility index (Phi) is 5.01. The fraction of sp³-hybridized carbons (Fsp3) is 0.786. The molecule has 3 fully saturated rings. The molecule has 3 heterocycles. The van der Waals surface area contributed by atoms with E-state index in [4.69, 9.17) is 19.6 Å². The lowest BCUT2D eigenvalue weighted by molar-refractivity contribution is -0.467. The van der Waals surface area contributed by atoms with Crippen LogP contribution in [0.15, 0.2) is 11.5 Å². The number of rotatable bonds is 6. The minimum absolute atomic E-state index is 0.0686. The second-order valence-electron chi connectivity index (χ2n) is 5.95. The molecule has 0 atom stereocenters. The maximum atomic E-state index is 11.2. The van der Waals surface area contributed by atoms with Crippen LogP contribution in [0.1, 0.15) is 32.6 Å². The molecule has 0 aromatic carbocycles. The van der Waals surface area contributed by atoms with Crippen molar-refractivity contribution in [3.63, 3.8) is 0 Å². The number of aliphatic hydroxyl groups excluding tert-OH is 1. The van der Waals surface area contributed by atoms with Crippen LogP contribution in [0.25, 0.3) is 4.98 Å². The number of esters is 1. The SMILES string of the molecule is COC(=O)/C([N+]#N)=C(\O)CCCCC12OCC(C)(CO1)CO2. The van der Waals surface area contributed by atoms with Gasteiger partial charge in [0.1, 0.15) is 0 Å². The molecule has 0 saturated carbocycles. The van der Waals surface area contributed by atoms with Crippen molar-refractivity contribution in [2.45, 2.75) is 38.6 Å². The Hall–Kier alpha value is -1.69. The summed E-state index contributed by atoms with van der Waals surface area (Å²) in [5.74, 6) is -2.18. The van der Waals surface area contributed by atoms with Crippen molar-refractivity contribution < 1.29 is 28.8 Å². The standard InChI is InChI=1S/C14H20N2O6/c1-13-7-20-14(21-8-13,22-9-13)6-4-3-5-10(17)11(16-15)12(18)19-2/h3-9H2,1-2H3/p+1. The fourth-order valence-electron chi connectivity index (χ4n) is 2.38. The third-order valence-electron chi connectivity index (χ3n) is 3.82. The first-order chi connectivity index (χ1) is 10.4. The normalized spacial score (nSPS) is 31.3. The highest BCUT2D eigenvalue weighted by molar-refractivity contribution is 5.90. The third kappa shape index (κ3) is 3.55. The minimum Gasteiger partial charge on any atom is -0.505 e. The van der Waals surface area contributed by atoms with E-state index >= 15 is 0 Å². The van der Waals surface area contributed by atoms with Gasteiger partial charge in [-0.3, -0.25) is 0 Å². The Bertz CT molecular complexity index is 485. The van der Waals surface area contributed by atoms with Gasteiger partial charge in [0.15, 0.2) is 10.7 Å². The lowest BCUT2D eigenvalue weighted by atomic mass is 9.91. The van der Waals surface area contributed by atoms with E-state index in [-0.39, 0.29) is 17.6 Å². The van der Waals surface area contributed by atoms with E-state index in [0.717, 1.165) is 7.11 Å². The average Bonchev–Trinajstić information content (AvgIpc) is 2.53. The number of hydrogen-bond donors (Lipinski definition) is 1. The predicted octanol–water partition coefficient (Wildman–Crippen LogP) is 2.08. The number of ether oxygens (including phenoxy) is 4. The van der Waals surface area contributed by atoms with Crippen molar-refractivity contribution >= 4 is 5.97 Å². The number of allylic oxidation sites excluding steroid dienone is 1. The molecule has 0 spiro atoms. The molecular weight excluding hydrogens is 292 g/mol. The number of nitrogens with zero attached hydrogens (tertiary/aromatic N) is 2. The van der Waals surface area contributed by atoms with Gasteiger partial charge in [0.25, 0.3) is 5.97 Å². The van der Waals surface area contributed by atoms with Gasteiger partial charge in [-0.15, -0.1) is 0 Å². The summed E-state index contributed by atoms with van der Waals surface area (Å²) in [4.78, 5) is 14.0. The molecule has 22 heavy (non-hydrogen) atoms. The van der Waals surface area contributed by atoms with E-state index < -0.39 is 17.6 Å². The van der Waals surface area contributed by atoms with Crippen LogP contribution in [0.5, 0.6) is 0 Å². The third-order valence-corrected chi connectivity index (χ3v) is 3.82.